The zero-order chi connectivity index (χ0) is 9.68. The van der Waals surface area contributed by atoms with Gasteiger partial charge in [0.1, 0.15) is 6.61 Å². The highest BCUT2D eigenvalue weighted by atomic mass is 19.1. The van der Waals surface area contributed by atoms with E-state index >= 15 is 0 Å². The molecular formula is C11H12FO. The van der Waals surface area contributed by atoms with E-state index in [0.29, 0.717) is 6.61 Å². The number of halogens is 1. The molecule has 0 aromatic heterocycles. The van der Waals surface area contributed by atoms with Crippen LogP contribution in [0, 0.1) is 11.9 Å². The SMILES string of the molecule is CC=C(C)COc1ccc[c]c1F. The van der Waals surface area contributed by atoms with E-state index in [9.17, 15) is 4.39 Å². The Kier molecular flexibility index (Phi) is 3.50. The van der Waals surface area contributed by atoms with E-state index in [1.165, 1.54) is 6.07 Å². The minimum absolute atomic E-state index is 0.253. The quantitative estimate of drug-likeness (QED) is 0.648. The molecule has 2 heteroatoms. The number of hydrogen-bond donors (Lipinski definition) is 0. The Morgan fingerprint density at radius 3 is 3.08 bits per heavy atom. The first-order valence-electron chi connectivity index (χ1n) is 4.15. The van der Waals surface area contributed by atoms with Gasteiger partial charge in [0.05, 0.1) is 0 Å². The molecule has 0 N–H and O–H groups in total. The van der Waals surface area contributed by atoms with Crippen molar-refractivity contribution in [3.05, 3.63) is 41.7 Å². The minimum atomic E-state index is -0.439. The van der Waals surface area contributed by atoms with Crippen LogP contribution >= 0.6 is 0 Å². The molecule has 0 aliphatic rings. The Labute approximate surface area is 77.8 Å². The zero-order valence-corrected chi connectivity index (χ0v) is 7.80. The molecule has 69 valence electrons. The van der Waals surface area contributed by atoms with Crippen molar-refractivity contribution in [1.29, 1.82) is 0 Å². The Bertz CT molecular complexity index is 305. The van der Waals surface area contributed by atoms with Crippen molar-refractivity contribution in [2.24, 2.45) is 0 Å². The summed E-state index contributed by atoms with van der Waals surface area (Å²) in [6, 6.07) is 7.24. The van der Waals surface area contributed by atoms with E-state index in [1.54, 1.807) is 12.1 Å². The molecule has 1 rings (SSSR count). The monoisotopic (exact) mass is 179 g/mol. The van der Waals surface area contributed by atoms with E-state index in [-0.39, 0.29) is 5.75 Å². The first-order chi connectivity index (χ1) is 6.24. The molecule has 1 nitrogen and oxygen atoms in total. The largest absolute Gasteiger partial charge is 0.486 e. The topological polar surface area (TPSA) is 9.23 Å². The van der Waals surface area contributed by atoms with Gasteiger partial charge in [0, 0.05) is 6.07 Å². The van der Waals surface area contributed by atoms with Crippen molar-refractivity contribution < 1.29 is 9.13 Å². The first kappa shape index (κ1) is 9.78. The minimum Gasteiger partial charge on any atom is -0.486 e. The lowest BCUT2D eigenvalue weighted by Gasteiger charge is -2.06. The van der Waals surface area contributed by atoms with Crippen molar-refractivity contribution in [3.8, 4) is 5.75 Å². The summed E-state index contributed by atoms with van der Waals surface area (Å²) in [6.45, 7) is 4.28. The van der Waals surface area contributed by atoms with Crippen molar-refractivity contribution >= 4 is 0 Å². The summed E-state index contributed by atoms with van der Waals surface area (Å²) in [5, 5.41) is 0. The molecule has 0 saturated heterocycles. The third-order valence-corrected chi connectivity index (χ3v) is 1.72. The zero-order valence-electron chi connectivity index (χ0n) is 7.80. The number of allylic oxidation sites excluding steroid dienone is 1. The Hall–Kier alpha value is -1.31. The van der Waals surface area contributed by atoms with E-state index in [4.69, 9.17) is 4.74 Å². The van der Waals surface area contributed by atoms with Crippen LogP contribution in [0.25, 0.3) is 0 Å². The van der Waals surface area contributed by atoms with Gasteiger partial charge in [-0.1, -0.05) is 18.2 Å². The molecule has 13 heavy (non-hydrogen) atoms. The van der Waals surface area contributed by atoms with Crippen molar-refractivity contribution in [2.45, 2.75) is 13.8 Å². The summed E-state index contributed by atoms with van der Waals surface area (Å²) in [6.07, 6.45) is 1.94. The van der Waals surface area contributed by atoms with Gasteiger partial charge in [-0.05, 0) is 25.5 Å². The average Bonchev–Trinajstić information content (AvgIpc) is 2.16. The third-order valence-electron chi connectivity index (χ3n) is 1.72. The molecular weight excluding hydrogens is 167 g/mol. The molecule has 0 amide bonds. The molecule has 0 aliphatic heterocycles. The van der Waals surface area contributed by atoms with Gasteiger partial charge in [-0.25, -0.2) is 4.39 Å². The normalized spacial score (nSPS) is 11.5. The second-order valence-electron chi connectivity index (χ2n) is 2.77. The summed E-state index contributed by atoms with van der Waals surface area (Å²) >= 11 is 0. The van der Waals surface area contributed by atoms with Crippen LogP contribution in [0.15, 0.2) is 29.8 Å². The molecule has 0 spiro atoms. The van der Waals surface area contributed by atoms with Gasteiger partial charge >= 0.3 is 0 Å². The predicted molar refractivity (Wildman–Crippen MR) is 50.2 cm³/mol. The molecule has 1 aromatic rings. The van der Waals surface area contributed by atoms with Crippen LogP contribution in [0.2, 0.25) is 0 Å². The fourth-order valence-corrected chi connectivity index (χ4v) is 0.787. The predicted octanol–water partition coefficient (Wildman–Crippen LogP) is 2.97. The lowest BCUT2D eigenvalue weighted by molar-refractivity contribution is 0.332. The fourth-order valence-electron chi connectivity index (χ4n) is 0.787. The molecule has 1 aromatic carbocycles. The molecule has 0 bridgehead atoms. The Morgan fingerprint density at radius 2 is 2.46 bits per heavy atom. The molecule has 0 heterocycles. The van der Waals surface area contributed by atoms with E-state index in [0.717, 1.165) is 5.57 Å². The highest BCUT2D eigenvalue weighted by molar-refractivity contribution is 5.23. The maximum absolute atomic E-state index is 12.9. The molecule has 0 atom stereocenters. The van der Waals surface area contributed by atoms with Gasteiger partial charge < -0.3 is 4.74 Å². The average molecular weight is 179 g/mol. The highest BCUT2D eigenvalue weighted by Gasteiger charge is 2.00. The van der Waals surface area contributed by atoms with Gasteiger partial charge in [0.25, 0.3) is 0 Å². The van der Waals surface area contributed by atoms with Crippen molar-refractivity contribution in [2.75, 3.05) is 6.61 Å². The van der Waals surface area contributed by atoms with Crippen LogP contribution in [0.3, 0.4) is 0 Å². The maximum Gasteiger partial charge on any atom is 0.172 e. The maximum atomic E-state index is 12.9. The molecule has 1 radical (unpaired) electrons. The van der Waals surface area contributed by atoms with Gasteiger partial charge in [-0.15, -0.1) is 0 Å². The smallest absolute Gasteiger partial charge is 0.172 e. The van der Waals surface area contributed by atoms with Gasteiger partial charge in [0.15, 0.2) is 11.6 Å². The Morgan fingerprint density at radius 1 is 1.69 bits per heavy atom. The van der Waals surface area contributed by atoms with E-state index in [1.807, 2.05) is 19.9 Å². The molecule has 0 saturated carbocycles. The standard InChI is InChI=1S/C11H12FO/c1-3-9(2)8-13-11-7-5-4-6-10(11)12/h3-5,7H,8H2,1-2H3. The lowest BCUT2D eigenvalue weighted by atomic mass is 10.3. The van der Waals surface area contributed by atoms with Crippen LogP contribution in [0.4, 0.5) is 4.39 Å². The molecule has 0 aliphatic carbocycles. The molecule has 0 fully saturated rings. The summed E-state index contributed by atoms with van der Waals surface area (Å²) < 4.78 is 18.2. The highest BCUT2D eigenvalue weighted by Crippen LogP contribution is 2.15. The summed E-state index contributed by atoms with van der Waals surface area (Å²) in [7, 11) is 0. The second-order valence-corrected chi connectivity index (χ2v) is 2.77. The van der Waals surface area contributed by atoms with Crippen LogP contribution in [0.5, 0.6) is 5.75 Å². The summed E-state index contributed by atoms with van der Waals surface area (Å²) in [5.41, 5.74) is 1.07. The van der Waals surface area contributed by atoms with Gasteiger partial charge in [-0.3, -0.25) is 0 Å². The van der Waals surface area contributed by atoms with Gasteiger partial charge in [-0.2, -0.15) is 0 Å². The third kappa shape index (κ3) is 2.90. The number of rotatable bonds is 3. The Balaban J connectivity index is 2.60. The van der Waals surface area contributed by atoms with Gasteiger partial charge in [0.2, 0.25) is 0 Å². The molecule has 0 unspecified atom stereocenters. The van der Waals surface area contributed by atoms with Crippen molar-refractivity contribution in [3.63, 3.8) is 0 Å². The van der Waals surface area contributed by atoms with Crippen LogP contribution in [-0.4, -0.2) is 6.61 Å². The lowest BCUT2D eigenvalue weighted by Crippen LogP contribution is -1.99. The van der Waals surface area contributed by atoms with Crippen molar-refractivity contribution in [1.82, 2.24) is 0 Å². The number of benzene rings is 1. The van der Waals surface area contributed by atoms with E-state index < -0.39 is 5.82 Å². The van der Waals surface area contributed by atoms with Crippen LogP contribution < -0.4 is 4.74 Å². The number of ether oxygens (including phenoxy) is 1. The van der Waals surface area contributed by atoms with E-state index in [2.05, 4.69) is 6.07 Å². The number of hydrogen-bond acceptors (Lipinski definition) is 1. The summed E-state index contributed by atoms with van der Waals surface area (Å²) in [4.78, 5) is 0. The first-order valence-corrected chi connectivity index (χ1v) is 4.15. The second kappa shape index (κ2) is 4.65. The van der Waals surface area contributed by atoms with Crippen LogP contribution in [-0.2, 0) is 0 Å². The van der Waals surface area contributed by atoms with Crippen LogP contribution in [0.1, 0.15) is 13.8 Å². The fraction of sp³-hybridized carbons (Fsp3) is 0.273. The summed E-state index contributed by atoms with van der Waals surface area (Å²) in [5.74, 6) is -0.185.